The van der Waals surface area contributed by atoms with Gasteiger partial charge in [-0.25, -0.2) is 4.98 Å². The van der Waals surface area contributed by atoms with Crippen molar-refractivity contribution in [3.8, 4) is 0 Å². The lowest BCUT2D eigenvalue weighted by Gasteiger charge is -2.02. The average Bonchev–Trinajstić information content (AvgIpc) is 2.81. The summed E-state index contributed by atoms with van der Waals surface area (Å²) in [5, 5.41) is 0.683. The summed E-state index contributed by atoms with van der Waals surface area (Å²) in [6, 6.07) is 11.6. The molecule has 4 heteroatoms. The Kier molecular flexibility index (Phi) is 3.36. The zero-order valence-electron chi connectivity index (χ0n) is 11.2. The van der Waals surface area contributed by atoms with Crippen LogP contribution in [-0.2, 0) is 12.8 Å². The van der Waals surface area contributed by atoms with E-state index in [4.69, 9.17) is 21.8 Å². The van der Waals surface area contributed by atoms with Crippen molar-refractivity contribution in [2.24, 2.45) is 0 Å². The first kappa shape index (κ1) is 13.0. The van der Waals surface area contributed by atoms with Gasteiger partial charge in [-0.1, -0.05) is 29.8 Å². The Labute approximate surface area is 122 Å². The SMILES string of the molecule is Cc1cc(Cl)cc2nc(CCc3ccccc3N)oc12. The van der Waals surface area contributed by atoms with E-state index in [0.717, 1.165) is 40.8 Å². The summed E-state index contributed by atoms with van der Waals surface area (Å²) < 4.78 is 5.80. The topological polar surface area (TPSA) is 52.0 Å². The number of aromatic nitrogens is 1. The van der Waals surface area contributed by atoms with Crippen LogP contribution < -0.4 is 5.73 Å². The van der Waals surface area contributed by atoms with E-state index in [2.05, 4.69) is 4.98 Å². The lowest BCUT2D eigenvalue weighted by molar-refractivity contribution is 0.527. The molecule has 0 aliphatic heterocycles. The molecule has 0 saturated heterocycles. The van der Waals surface area contributed by atoms with Crippen LogP contribution in [0.15, 0.2) is 40.8 Å². The van der Waals surface area contributed by atoms with E-state index >= 15 is 0 Å². The summed E-state index contributed by atoms with van der Waals surface area (Å²) in [6.45, 7) is 1.97. The first-order valence-corrected chi connectivity index (χ1v) is 6.90. The molecule has 0 bridgehead atoms. The fourth-order valence-corrected chi connectivity index (χ4v) is 2.58. The summed E-state index contributed by atoms with van der Waals surface area (Å²) in [7, 11) is 0. The summed E-state index contributed by atoms with van der Waals surface area (Å²) in [5.41, 5.74) is 10.5. The molecule has 102 valence electrons. The average molecular weight is 287 g/mol. The second-order valence-corrected chi connectivity index (χ2v) is 5.31. The maximum Gasteiger partial charge on any atom is 0.195 e. The predicted molar refractivity (Wildman–Crippen MR) is 82.0 cm³/mol. The second-order valence-electron chi connectivity index (χ2n) is 4.88. The minimum Gasteiger partial charge on any atom is -0.440 e. The highest BCUT2D eigenvalue weighted by Gasteiger charge is 2.10. The van der Waals surface area contributed by atoms with Crippen LogP contribution in [0.2, 0.25) is 5.02 Å². The number of fused-ring (bicyclic) bond motifs is 1. The van der Waals surface area contributed by atoms with Crippen LogP contribution in [0, 0.1) is 6.92 Å². The number of hydrogen-bond donors (Lipinski definition) is 1. The third-order valence-electron chi connectivity index (χ3n) is 3.35. The summed E-state index contributed by atoms with van der Waals surface area (Å²) in [5.74, 6) is 0.716. The van der Waals surface area contributed by atoms with Crippen molar-refractivity contribution < 1.29 is 4.42 Å². The van der Waals surface area contributed by atoms with Gasteiger partial charge in [0.05, 0.1) is 0 Å². The molecular weight excluding hydrogens is 272 g/mol. The van der Waals surface area contributed by atoms with Crippen molar-refractivity contribution in [2.75, 3.05) is 5.73 Å². The second kappa shape index (κ2) is 5.17. The van der Waals surface area contributed by atoms with Crippen LogP contribution in [0.3, 0.4) is 0 Å². The van der Waals surface area contributed by atoms with Gasteiger partial charge in [-0.3, -0.25) is 0 Å². The van der Waals surface area contributed by atoms with Crippen molar-refractivity contribution in [3.63, 3.8) is 0 Å². The van der Waals surface area contributed by atoms with Crippen molar-refractivity contribution in [2.45, 2.75) is 19.8 Å². The number of halogens is 1. The van der Waals surface area contributed by atoms with Crippen LogP contribution in [-0.4, -0.2) is 4.98 Å². The minimum absolute atomic E-state index is 0.683. The number of nitrogens with zero attached hydrogens (tertiary/aromatic N) is 1. The Morgan fingerprint density at radius 2 is 2.00 bits per heavy atom. The van der Waals surface area contributed by atoms with Gasteiger partial charge in [0.15, 0.2) is 11.5 Å². The van der Waals surface area contributed by atoms with E-state index in [0.29, 0.717) is 10.9 Å². The van der Waals surface area contributed by atoms with Crippen LogP contribution in [0.1, 0.15) is 17.0 Å². The largest absolute Gasteiger partial charge is 0.440 e. The number of hydrogen-bond acceptors (Lipinski definition) is 3. The van der Waals surface area contributed by atoms with Crippen molar-refractivity contribution in [1.82, 2.24) is 4.98 Å². The fraction of sp³-hybridized carbons (Fsp3) is 0.188. The maximum absolute atomic E-state index is 6.03. The van der Waals surface area contributed by atoms with Crippen LogP contribution in [0.25, 0.3) is 11.1 Å². The number of para-hydroxylation sites is 1. The molecule has 1 heterocycles. The van der Waals surface area contributed by atoms with Gasteiger partial charge in [0.2, 0.25) is 0 Å². The molecule has 0 amide bonds. The normalized spacial score (nSPS) is 11.1. The number of oxazole rings is 1. The molecule has 2 aromatic carbocycles. The zero-order chi connectivity index (χ0) is 14.1. The number of nitrogen functional groups attached to an aromatic ring is 1. The van der Waals surface area contributed by atoms with Crippen molar-refractivity contribution in [1.29, 1.82) is 0 Å². The molecule has 3 aromatic rings. The quantitative estimate of drug-likeness (QED) is 0.736. The number of rotatable bonds is 3. The molecule has 0 radical (unpaired) electrons. The number of benzene rings is 2. The number of nitrogens with two attached hydrogens (primary N) is 1. The van der Waals surface area contributed by atoms with E-state index in [1.165, 1.54) is 0 Å². The molecule has 2 N–H and O–H groups in total. The Bertz CT molecular complexity index is 764. The molecule has 0 aliphatic carbocycles. The molecule has 3 nitrogen and oxygen atoms in total. The standard InChI is InChI=1S/C16H15ClN2O/c1-10-8-12(17)9-14-16(10)20-15(19-14)7-6-11-4-2-3-5-13(11)18/h2-5,8-9H,6-7,18H2,1H3. The molecular formula is C16H15ClN2O. The Morgan fingerprint density at radius 1 is 1.20 bits per heavy atom. The van der Waals surface area contributed by atoms with Gasteiger partial charge >= 0.3 is 0 Å². The maximum atomic E-state index is 6.03. The van der Waals surface area contributed by atoms with E-state index < -0.39 is 0 Å². The van der Waals surface area contributed by atoms with Gasteiger partial charge in [0.25, 0.3) is 0 Å². The Morgan fingerprint density at radius 3 is 2.80 bits per heavy atom. The van der Waals surface area contributed by atoms with Gasteiger partial charge < -0.3 is 10.2 Å². The lowest BCUT2D eigenvalue weighted by atomic mass is 10.1. The van der Waals surface area contributed by atoms with E-state index in [9.17, 15) is 0 Å². The lowest BCUT2D eigenvalue weighted by Crippen LogP contribution is -1.96. The molecule has 0 saturated carbocycles. The molecule has 0 aliphatic rings. The summed E-state index contributed by atoms with van der Waals surface area (Å²) >= 11 is 6.03. The smallest absolute Gasteiger partial charge is 0.195 e. The van der Waals surface area contributed by atoms with Crippen LogP contribution in [0.4, 0.5) is 5.69 Å². The molecule has 20 heavy (non-hydrogen) atoms. The van der Waals surface area contributed by atoms with E-state index in [1.807, 2.05) is 43.3 Å². The first-order valence-electron chi connectivity index (χ1n) is 6.52. The fourth-order valence-electron chi connectivity index (χ4n) is 2.31. The van der Waals surface area contributed by atoms with E-state index in [1.54, 1.807) is 0 Å². The zero-order valence-corrected chi connectivity index (χ0v) is 11.9. The molecule has 3 rings (SSSR count). The van der Waals surface area contributed by atoms with Gasteiger partial charge in [0, 0.05) is 17.1 Å². The van der Waals surface area contributed by atoms with Crippen LogP contribution in [0.5, 0.6) is 0 Å². The van der Waals surface area contributed by atoms with E-state index in [-0.39, 0.29) is 0 Å². The highest BCUT2D eigenvalue weighted by atomic mass is 35.5. The number of anilines is 1. The summed E-state index contributed by atoms with van der Waals surface area (Å²) in [4.78, 5) is 4.49. The predicted octanol–water partition coefficient (Wildman–Crippen LogP) is 4.16. The molecule has 1 aromatic heterocycles. The van der Waals surface area contributed by atoms with Crippen molar-refractivity contribution in [3.05, 3.63) is 58.4 Å². The molecule has 0 spiro atoms. The molecule has 0 unspecified atom stereocenters. The number of aryl methyl sites for hydroxylation is 3. The van der Waals surface area contributed by atoms with Gasteiger partial charge in [-0.2, -0.15) is 0 Å². The highest BCUT2D eigenvalue weighted by molar-refractivity contribution is 6.31. The summed E-state index contributed by atoms with van der Waals surface area (Å²) in [6.07, 6.45) is 1.53. The highest BCUT2D eigenvalue weighted by Crippen LogP contribution is 2.25. The monoisotopic (exact) mass is 286 g/mol. The van der Waals surface area contributed by atoms with Gasteiger partial charge in [0.1, 0.15) is 5.52 Å². The Balaban J connectivity index is 1.85. The third kappa shape index (κ3) is 2.49. The van der Waals surface area contributed by atoms with Gasteiger partial charge in [-0.05, 0) is 42.7 Å². The first-order chi connectivity index (χ1) is 9.63. The minimum atomic E-state index is 0.683. The van der Waals surface area contributed by atoms with Crippen molar-refractivity contribution >= 4 is 28.4 Å². The van der Waals surface area contributed by atoms with Crippen LogP contribution >= 0.6 is 11.6 Å². The Hall–Kier alpha value is -2.00. The third-order valence-corrected chi connectivity index (χ3v) is 3.57. The van der Waals surface area contributed by atoms with Gasteiger partial charge in [-0.15, -0.1) is 0 Å². The molecule has 0 atom stereocenters. The molecule has 0 fully saturated rings.